The van der Waals surface area contributed by atoms with Gasteiger partial charge in [-0.05, 0) is 50.0 Å². The molecule has 1 nitrogen and oxygen atoms in total. The van der Waals surface area contributed by atoms with Crippen LogP contribution in [-0.4, -0.2) is 6.54 Å². The molecular formula is C19H31N. The minimum Gasteiger partial charge on any atom is -0.310 e. The van der Waals surface area contributed by atoms with E-state index >= 15 is 0 Å². The van der Waals surface area contributed by atoms with Gasteiger partial charge in [0.05, 0.1) is 0 Å². The molecule has 0 aromatic heterocycles. The Morgan fingerprint density at radius 1 is 1.15 bits per heavy atom. The third-order valence-corrected chi connectivity index (χ3v) is 4.83. The molecular weight excluding hydrogens is 242 g/mol. The molecule has 1 atom stereocenters. The van der Waals surface area contributed by atoms with Crippen molar-refractivity contribution in [1.82, 2.24) is 5.32 Å². The molecule has 0 heterocycles. The Bertz CT molecular complexity index is 416. The van der Waals surface area contributed by atoms with Gasteiger partial charge in [-0.2, -0.15) is 0 Å². The van der Waals surface area contributed by atoms with Gasteiger partial charge in [0.15, 0.2) is 0 Å². The molecule has 1 aliphatic carbocycles. The van der Waals surface area contributed by atoms with Crippen LogP contribution in [0, 0.1) is 18.3 Å². The highest BCUT2D eigenvalue weighted by Gasteiger charge is 2.34. The monoisotopic (exact) mass is 273 g/mol. The number of aryl methyl sites for hydroxylation is 1. The zero-order valence-corrected chi connectivity index (χ0v) is 13.7. The lowest BCUT2D eigenvalue weighted by Crippen LogP contribution is -2.34. The van der Waals surface area contributed by atoms with Crippen LogP contribution in [0.4, 0.5) is 0 Å². The summed E-state index contributed by atoms with van der Waals surface area (Å²) in [6.07, 6.45) is 7.05. The molecule has 0 radical (unpaired) electrons. The van der Waals surface area contributed by atoms with E-state index in [0.717, 1.165) is 5.92 Å². The third kappa shape index (κ3) is 4.09. The first-order valence-corrected chi connectivity index (χ1v) is 8.31. The molecule has 1 N–H and O–H groups in total. The molecule has 1 heteroatoms. The van der Waals surface area contributed by atoms with E-state index in [1.54, 1.807) is 0 Å². The van der Waals surface area contributed by atoms with Crippen LogP contribution < -0.4 is 5.32 Å². The molecule has 1 fully saturated rings. The lowest BCUT2D eigenvalue weighted by atomic mass is 9.78. The fourth-order valence-corrected chi connectivity index (χ4v) is 3.87. The van der Waals surface area contributed by atoms with E-state index in [2.05, 4.69) is 57.3 Å². The van der Waals surface area contributed by atoms with E-state index in [1.807, 2.05) is 0 Å². The van der Waals surface area contributed by atoms with Crippen molar-refractivity contribution in [2.45, 2.75) is 65.8 Å². The maximum Gasteiger partial charge on any atom is 0.0292 e. The number of hydrogen-bond donors (Lipinski definition) is 1. The van der Waals surface area contributed by atoms with E-state index in [9.17, 15) is 0 Å². The van der Waals surface area contributed by atoms with Gasteiger partial charge < -0.3 is 5.32 Å². The maximum atomic E-state index is 3.81. The van der Waals surface area contributed by atoms with Crippen molar-refractivity contribution in [2.24, 2.45) is 11.3 Å². The van der Waals surface area contributed by atoms with Crippen molar-refractivity contribution in [3.05, 3.63) is 35.4 Å². The predicted molar refractivity (Wildman–Crippen MR) is 88.0 cm³/mol. The molecule has 2 rings (SSSR count). The summed E-state index contributed by atoms with van der Waals surface area (Å²) in [5.41, 5.74) is 3.34. The van der Waals surface area contributed by atoms with Gasteiger partial charge in [0.1, 0.15) is 0 Å². The number of rotatable bonds is 6. The predicted octanol–water partition coefficient (Wildman–Crippen LogP) is 5.25. The van der Waals surface area contributed by atoms with Crippen LogP contribution in [0.1, 0.15) is 70.0 Å². The first-order valence-electron chi connectivity index (χ1n) is 8.31. The molecule has 1 unspecified atom stereocenters. The highest BCUT2D eigenvalue weighted by atomic mass is 14.9. The summed E-state index contributed by atoms with van der Waals surface area (Å²) >= 11 is 0. The SMILES string of the molecule is Cc1cccc(C(C)NCC2(CC(C)C)CCCC2)c1. The van der Waals surface area contributed by atoms with Gasteiger partial charge >= 0.3 is 0 Å². The summed E-state index contributed by atoms with van der Waals surface area (Å²) in [7, 11) is 0. The Hall–Kier alpha value is -0.820. The summed E-state index contributed by atoms with van der Waals surface area (Å²) in [5, 5.41) is 3.81. The summed E-state index contributed by atoms with van der Waals surface area (Å²) in [4.78, 5) is 0. The Kier molecular flexibility index (Phi) is 5.26. The van der Waals surface area contributed by atoms with Gasteiger partial charge in [-0.1, -0.05) is 56.5 Å². The van der Waals surface area contributed by atoms with E-state index in [0.29, 0.717) is 11.5 Å². The van der Waals surface area contributed by atoms with Crippen molar-refractivity contribution >= 4 is 0 Å². The first kappa shape index (κ1) is 15.6. The van der Waals surface area contributed by atoms with Gasteiger partial charge in [-0.15, -0.1) is 0 Å². The normalized spacial score (nSPS) is 19.4. The number of hydrogen-bond acceptors (Lipinski definition) is 1. The van der Waals surface area contributed by atoms with Crippen molar-refractivity contribution in [3.63, 3.8) is 0 Å². The molecule has 1 saturated carbocycles. The topological polar surface area (TPSA) is 12.0 Å². The highest BCUT2D eigenvalue weighted by molar-refractivity contribution is 5.24. The van der Waals surface area contributed by atoms with E-state index in [4.69, 9.17) is 0 Å². The molecule has 20 heavy (non-hydrogen) atoms. The summed E-state index contributed by atoms with van der Waals surface area (Å²) in [6, 6.07) is 9.35. The van der Waals surface area contributed by atoms with Gasteiger partial charge in [-0.3, -0.25) is 0 Å². The quantitative estimate of drug-likeness (QED) is 0.746. The lowest BCUT2D eigenvalue weighted by Gasteiger charge is -2.33. The molecule has 112 valence electrons. The van der Waals surface area contributed by atoms with E-state index in [-0.39, 0.29) is 0 Å². The van der Waals surface area contributed by atoms with Crippen LogP contribution in [0.15, 0.2) is 24.3 Å². The molecule has 0 bridgehead atoms. The standard InChI is InChI=1S/C19H31N/c1-15(2)13-19(10-5-6-11-19)14-20-17(4)18-9-7-8-16(3)12-18/h7-9,12,15,17,20H,5-6,10-11,13-14H2,1-4H3. The lowest BCUT2D eigenvalue weighted by molar-refractivity contribution is 0.217. The zero-order chi connectivity index (χ0) is 14.6. The van der Waals surface area contributed by atoms with E-state index < -0.39 is 0 Å². The average molecular weight is 273 g/mol. The second-order valence-corrected chi connectivity index (χ2v) is 7.32. The highest BCUT2D eigenvalue weighted by Crippen LogP contribution is 2.42. The summed E-state index contributed by atoms with van der Waals surface area (Å²) in [6.45, 7) is 10.4. The Balaban J connectivity index is 1.95. The van der Waals surface area contributed by atoms with Crippen LogP contribution in [0.5, 0.6) is 0 Å². The second-order valence-electron chi connectivity index (χ2n) is 7.32. The zero-order valence-electron chi connectivity index (χ0n) is 13.7. The largest absolute Gasteiger partial charge is 0.310 e. The Labute approximate surface area is 125 Å². The van der Waals surface area contributed by atoms with Gasteiger partial charge in [0.25, 0.3) is 0 Å². The summed E-state index contributed by atoms with van der Waals surface area (Å²) < 4.78 is 0. The smallest absolute Gasteiger partial charge is 0.0292 e. The average Bonchev–Trinajstić information content (AvgIpc) is 2.84. The maximum absolute atomic E-state index is 3.81. The van der Waals surface area contributed by atoms with Crippen molar-refractivity contribution in [2.75, 3.05) is 6.54 Å². The number of benzene rings is 1. The second kappa shape index (κ2) is 6.76. The van der Waals surface area contributed by atoms with Crippen molar-refractivity contribution in [3.8, 4) is 0 Å². The fourth-order valence-electron chi connectivity index (χ4n) is 3.87. The molecule has 1 aromatic carbocycles. The van der Waals surface area contributed by atoms with Crippen LogP contribution in [0.2, 0.25) is 0 Å². The van der Waals surface area contributed by atoms with Crippen LogP contribution in [0.3, 0.4) is 0 Å². The molecule has 0 saturated heterocycles. The third-order valence-electron chi connectivity index (χ3n) is 4.83. The van der Waals surface area contributed by atoms with Gasteiger partial charge in [0.2, 0.25) is 0 Å². The number of nitrogens with one attached hydrogen (secondary N) is 1. The molecule has 1 aromatic rings. The van der Waals surface area contributed by atoms with Gasteiger partial charge in [-0.25, -0.2) is 0 Å². The van der Waals surface area contributed by atoms with Gasteiger partial charge in [0, 0.05) is 12.6 Å². The van der Waals surface area contributed by atoms with Crippen molar-refractivity contribution < 1.29 is 0 Å². The fraction of sp³-hybridized carbons (Fsp3) is 0.684. The van der Waals surface area contributed by atoms with Crippen LogP contribution in [-0.2, 0) is 0 Å². The Morgan fingerprint density at radius 3 is 2.45 bits per heavy atom. The van der Waals surface area contributed by atoms with Crippen LogP contribution >= 0.6 is 0 Å². The minimum absolute atomic E-state index is 0.458. The molecule has 0 spiro atoms. The first-order chi connectivity index (χ1) is 9.51. The molecule has 0 aliphatic heterocycles. The minimum atomic E-state index is 0.458. The summed E-state index contributed by atoms with van der Waals surface area (Å²) in [5.74, 6) is 0.809. The molecule has 1 aliphatic rings. The molecule has 0 amide bonds. The van der Waals surface area contributed by atoms with E-state index in [1.165, 1.54) is 49.8 Å². The van der Waals surface area contributed by atoms with Crippen molar-refractivity contribution in [1.29, 1.82) is 0 Å². The Morgan fingerprint density at radius 2 is 1.85 bits per heavy atom. The van der Waals surface area contributed by atoms with Crippen LogP contribution in [0.25, 0.3) is 0 Å².